The smallest absolute Gasteiger partial charge is 0.0893 e. The Labute approximate surface area is 117 Å². The van der Waals surface area contributed by atoms with Crippen LogP contribution in [0.25, 0.3) is 0 Å². The van der Waals surface area contributed by atoms with Crippen molar-refractivity contribution in [3.63, 3.8) is 0 Å². The van der Waals surface area contributed by atoms with Crippen molar-refractivity contribution < 1.29 is 0 Å². The first-order valence-corrected chi connectivity index (χ1v) is 7.65. The fourth-order valence-electron chi connectivity index (χ4n) is 3.41. The van der Waals surface area contributed by atoms with Crippen LogP contribution in [0.3, 0.4) is 0 Å². The molecule has 0 spiro atoms. The average molecular weight is 268 g/mol. The molecule has 0 fully saturated rings. The Hall–Kier alpha value is -1.61. The van der Waals surface area contributed by atoms with E-state index in [-0.39, 0.29) is 0 Å². The Morgan fingerprint density at radius 3 is 2.95 bits per heavy atom. The molecule has 4 rings (SSSR count). The number of hydrogen-bond donors (Lipinski definition) is 0. The molecule has 19 heavy (non-hydrogen) atoms. The Morgan fingerprint density at radius 1 is 1.21 bits per heavy atom. The quantitative estimate of drug-likeness (QED) is 0.770. The second kappa shape index (κ2) is 4.20. The van der Waals surface area contributed by atoms with Crippen LogP contribution >= 0.6 is 11.3 Å². The van der Waals surface area contributed by atoms with Gasteiger partial charge in [-0.3, -0.25) is 5.01 Å². The zero-order chi connectivity index (χ0) is 12.8. The number of nitrogens with zero attached hydrogens (tertiary/aromatic N) is 2. The molecule has 1 aromatic heterocycles. The highest BCUT2D eigenvalue weighted by Gasteiger charge is 2.40. The van der Waals surface area contributed by atoms with Crippen molar-refractivity contribution in [2.75, 3.05) is 7.05 Å². The Balaban J connectivity index is 1.78. The van der Waals surface area contributed by atoms with E-state index in [0.29, 0.717) is 12.0 Å². The molecule has 1 aliphatic carbocycles. The third-order valence-electron chi connectivity index (χ3n) is 4.25. The van der Waals surface area contributed by atoms with E-state index in [4.69, 9.17) is 5.10 Å². The van der Waals surface area contributed by atoms with Gasteiger partial charge in [-0.25, -0.2) is 0 Å². The van der Waals surface area contributed by atoms with Crippen LogP contribution in [0, 0.1) is 5.92 Å². The van der Waals surface area contributed by atoms with Crippen LogP contribution in [0.5, 0.6) is 0 Å². The molecule has 0 saturated heterocycles. The zero-order valence-corrected chi connectivity index (χ0v) is 11.7. The van der Waals surface area contributed by atoms with Crippen molar-refractivity contribution >= 4 is 17.0 Å². The Kier molecular flexibility index (Phi) is 2.49. The number of fused-ring (bicyclic) bond motifs is 3. The third kappa shape index (κ3) is 1.65. The van der Waals surface area contributed by atoms with E-state index < -0.39 is 0 Å². The van der Waals surface area contributed by atoms with Gasteiger partial charge in [0.1, 0.15) is 0 Å². The predicted molar refractivity (Wildman–Crippen MR) is 79.6 cm³/mol. The molecule has 2 aliphatic rings. The summed E-state index contributed by atoms with van der Waals surface area (Å²) in [7, 11) is 2.11. The molecule has 2 heterocycles. The van der Waals surface area contributed by atoms with Gasteiger partial charge in [-0.15, -0.1) is 11.3 Å². The van der Waals surface area contributed by atoms with Gasteiger partial charge in [0.2, 0.25) is 0 Å². The Morgan fingerprint density at radius 2 is 2.11 bits per heavy atom. The van der Waals surface area contributed by atoms with Gasteiger partial charge in [0, 0.05) is 23.4 Å². The lowest BCUT2D eigenvalue weighted by Gasteiger charge is -2.27. The molecule has 0 saturated carbocycles. The van der Waals surface area contributed by atoms with Gasteiger partial charge in [0.25, 0.3) is 0 Å². The van der Waals surface area contributed by atoms with Gasteiger partial charge in [-0.1, -0.05) is 30.3 Å². The topological polar surface area (TPSA) is 15.6 Å². The Bertz CT molecular complexity index is 630. The van der Waals surface area contributed by atoms with E-state index in [1.54, 1.807) is 0 Å². The van der Waals surface area contributed by atoms with Crippen LogP contribution in [0.2, 0.25) is 0 Å². The van der Waals surface area contributed by atoms with Crippen molar-refractivity contribution in [1.29, 1.82) is 0 Å². The first kappa shape index (κ1) is 11.2. The van der Waals surface area contributed by atoms with Crippen molar-refractivity contribution in [2.45, 2.75) is 18.9 Å². The number of hydrazone groups is 1. The highest BCUT2D eigenvalue weighted by molar-refractivity contribution is 7.10. The summed E-state index contributed by atoms with van der Waals surface area (Å²) in [5, 5.41) is 9.17. The second-order valence-electron chi connectivity index (χ2n) is 5.32. The average Bonchev–Trinajstić information content (AvgIpc) is 3.04. The van der Waals surface area contributed by atoms with Crippen molar-refractivity contribution in [3.8, 4) is 0 Å². The first-order chi connectivity index (χ1) is 9.34. The minimum absolute atomic E-state index is 0.434. The summed E-state index contributed by atoms with van der Waals surface area (Å²) in [6.07, 6.45) is 2.39. The number of aryl methyl sites for hydroxylation is 1. The maximum absolute atomic E-state index is 4.85. The molecule has 0 bridgehead atoms. The van der Waals surface area contributed by atoms with Gasteiger partial charge in [-0.05, 0) is 29.9 Å². The summed E-state index contributed by atoms with van der Waals surface area (Å²) < 4.78 is 0. The largest absolute Gasteiger partial charge is 0.291 e. The van der Waals surface area contributed by atoms with Crippen molar-refractivity contribution in [1.82, 2.24) is 5.01 Å². The molecule has 3 heteroatoms. The van der Waals surface area contributed by atoms with E-state index in [0.717, 1.165) is 0 Å². The number of thiophene rings is 1. The number of benzene rings is 1. The predicted octanol–water partition coefficient (Wildman–Crippen LogP) is 3.70. The summed E-state index contributed by atoms with van der Waals surface area (Å²) in [6.45, 7) is 0. The van der Waals surface area contributed by atoms with E-state index in [2.05, 4.69) is 53.8 Å². The lowest BCUT2D eigenvalue weighted by molar-refractivity contribution is 0.247. The zero-order valence-electron chi connectivity index (χ0n) is 10.9. The summed E-state index contributed by atoms with van der Waals surface area (Å²) in [6, 6.07) is 13.5. The van der Waals surface area contributed by atoms with E-state index >= 15 is 0 Å². The van der Waals surface area contributed by atoms with Crippen LogP contribution in [-0.2, 0) is 6.42 Å². The maximum atomic E-state index is 4.85. The van der Waals surface area contributed by atoms with E-state index in [1.165, 1.54) is 34.6 Å². The summed E-state index contributed by atoms with van der Waals surface area (Å²) in [5.41, 5.74) is 4.12. The highest BCUT2D eigenvalue weighted by atomic mass is 32.1. The molecule has 0 N–H and O–H groups in total. The van der Waals surface area contributed by atoms with Crippen molar-refractivity contribution in [3.05, 3.63) is 57.8 Å². The molecule has 1 aromatic carbocycles. The second-order valence-corrected chi connectivity index (χ2v) is 6.30. The third-order valence-corrected chi connectivity index (χ3v) is 5.20. The molecule has 0 amide bonds. The molecule has 2 nitrogen and oxygen atoms in total. The van der Waals surface area contributed by atoms with Gasteiger partial charge in [0.15, 0.2) is 0 Å². The van der Waals surface area contributed by atoms with Gasteiger partial charge in [-0.2, -0.15) is 5.10 Å². The highest BCUT2D eigenvalue weighted by Crippen LogP contribution is 2.43. The standard InChI is InChI=1S/C16H16N2S/c1-18-16(14-7-4-10-19-14)13-9-8-11-5-2-3-6-12(11)15(13)17-18/h2-7,10,13,16H,8-9H2,1H3/t13-,16-/m1/s1. The van der Waals surface area contributed by atoms with E-state index in [9.17, 15) is 0 Å². The minimum atomic E-state index is 0.434. The number of rotatable bonds is 1. The number of hydrogen-bond acceptors (Lipinski definition) is 3. The molecule has 0 radical (unpaired) electrons. The summed E-state index contributed by atoms with van der Waals surface area (Å²) in [4.78, 5) is 1.44. The van der Waals surface area contributed by atoms with Gasteiger partial charge in [0.05, 0.1) is 11.8 Å². The van der Waals surface area contributed by atoms with Crippen LogP contribution < -0.4 is 0 Å². The molecule has 96 valence electrons. The molecule has 0 unspecified atom stereocenters. The monoisotopic (exact) mass is 268 g/mol. The minimum Gasteiger partial charge on any atom is -0.291 e. The lowest BCUT2D eigenvalue weighted by Crippen LogP contribution is -2.26. The van der Waals surface area contributed by atoms with Gasteiger partial charge < -0.3 is 0 Å². The van der Waals surface area contributed by atoms with Crippen molar-refractivity contribution in [2.24, 2.45) is 11.0 Å². The maximum Gasteiger partial charge on any atom is 0.0893 e. The molecular weight excluding hydrogens is 252 g/mol. The first-order valence-electron chi connectivity index (χ1n) is 6.77. The molecule has 1 aliphatic heterocycles. The summed E-state index contributed by atoms with van der Waals surface area (Å²) >= 11 is 1.85. The molecular formula is C16H16N2S. The van der Waals surface area contributed by atoms with E-state index in [1.807, 2.05) is 11.3 Å². The van der Waals surface area contributed by atoms with Crippen LogP contribution in [-0.4, -0.2) is 17.8 Å². The summed E-state index contributed by atoms with van der Waals surface area (Å²) in [5.74, 6) is 0.554. The molecule has 2 aromatic rings. The van der Waals surface area contributed by atoms with Crippen LogP contribution in [0.4, 0.5) is 0 Å². The lowest BCUT2D eigenvalue weighted by atomic mass is 9.79. The molecule has 2 atom stereocenters. The van der Waals surface area contributed by atoms with Crippen LogP contribution in [0.1, 0.15) is 28.5 Å². The normalized spacial score (nSPS) is 24.9. The SMILES string of the molecule is CN1N=C2c3ccccc3CC[C@H]2[C@@H]1c1cccs1. The fraction of sp³-hybridized carbons (Fsp3) is 0.312. The fourth-order valence-corrected chi connectivity index (χ4v) is 4.33. The van der Waals surface area contributed by atoms with Gasteiger partial charge >= 0.3 is 0 Å². The van der Waals surface area contributed by atoms with Crippen LogP contribution in [0.15, 0.2) is 46.9 Å².